The molecule has 5 nitrogen and oxygen atoms in total. The van der Waals surface area contributed by atoms with Gasteiger partial charge in [0, 0.05) is 11.1 Å². The fraction of sp³-hybridized carbons (Fsp3) is 0.0625. The van der Waals surface area contributed by atoms with Gasteiger partial charge in [-0.1, -0.05) is 47.6 Å². The number of para-hydroxylation sites is 1. The van der Waals surface area contributed by atoms with Crippen molar-refractivity contribution in [2.75, 3.05) is 0 Å². The molecule has 0 aliphatic carbocycles. The van der Waals surface area contributed by atoms with Crippen molar-refractivity contribution in [3.8, 4) is 5.75 Å². The molecule has 21 heavy (non-hydrogen) atoms. The molecular weight excluding hydrogens is 270 g/mol. The first-order valence-electron chi connectivity index (χ1n) is 6.26. The Bertz CT molecular complexity index is 665. The Labute approximate surface area is 121 Å². The van der Waals surface area contributed by atoms with Crippen LogP contribution in [-0.4, -0.2) is 23.1 Å². The Kier molecular flexibility index (Phi) is 4.82. The van der Waals surface area contributed by atoms with Gasteiger partial charge >= 0.3 is 5.97 Å². The molecule has 0 bridgehead atoms. The van der Waals surface area contributed by atoms with Crippen LogP contribution in [0.5, 0.6) is 5.75 Å². The van der Waals surface area contributed by atoms with Gasteiger partial charge in [-0.05, 0) is 12.1 Å². The molecule has 2 rings (SSSR count). The van der Waals surface area contributed by atoms with E-state index in [1.165, 1.54) is 12.3 Å². The molecule has 0 amide bonds. The minimum atomic E-state index is -0.754. The number of carbonyl (C=O) groups excluding carboxylic acids is 2. The first-order valence-corrected chi connectivity index (χ1v) is 6.26. The third kappa shape index (κ3) is 4.28. The van der Waals surface area contributed by atoms with Gasteiger partial charge in [-0.2, -0.15) is 0 Å². The number of hydrogen-bond donors (Lipinski definition) is 1. The Morgan fingerprint density at radius 3 is 2.43 bits per heavy atom. The second kappa shape index (κ2) is 7.00. The topological polar surface area (TPSA) is 76.0 Å². The lowest BCUT2D eigenvalue weighted by Crippen LogP contribution is -2.09. The highest BCUT2D eigenvalue weighted by atomic mass is 16.7. The molecule has 0 heterocycles. The fourth-order valence-corrected chi connectivity index (χ4v) is 1.63. The number of carbonyl (C=O) groups is 2. The van der Waals surface area contributed by atoms with Crippen LogP contribution >= 0.6 is 0 Å². The highest BCUT2D eigenvalue weighted by Gasteiger charge is 2.12. The molecule has 2 aromatic rings. The van der Waals surface area contributed by atoms with E-state index in [1.807, 2.05) is 0 Å². The van der Waals surface area contributed by atoms with Gasteiger partial charge < -0.3 is 9.94 Å². The standard InChI is InChI=1S/C16H13NO4/c18-14-9-5-4-8-13(14)11-17-21-16(20)10-15(19)12-6-2-1-3-7-12/h1-9,11,18H,10H2/b17-11+. The van der Waals surface area contributed by atoms with Crippen LogP contribution in [0.25, 0.3) is 0 Å². The van der Waals surface area contributed by atoms with E-state index in [0.717, 1.165) is 0 Å². The van der Waals surface area contributed by atoms with Crippen molar-refractivity contribution < 1.29 is 19.5 Å². The number of phenolic OH excluding ortho intramolecular Hbond substituents is 1. The number of Topliss-reactive ketones (excluding diaryl/α,β-unsaturated/α-hetero) is 1. The summed E-state index contributed by atoms with van der Waals surface area (Å²) in [5.41, 5.74) is 0.860. The molecule has 0 saturated carbocycles. The number of aromatic hydroxyl groups is 1. The molecule has 106 valence electrons. The average molecular weight is 283 g/mol. The zero-order valence-electron chi connectivity index (χ0n) is 11.1. The lowest BCUT2D eigenvalue weighted by atomic mass is 10.1. The van der Waals surface area contributed by atoms with Gasteiger partial charge in [0.05, 0.1) is 6.21 Å². The van der Waals surface area contributed by atoms with E-state index in [1.54, 1.807) is 48.5 Å². The fourth-order valence-electron chi connectivity index (χ4n) is 1.63. The smallest absolute Gasteiger partial charge is 0.342 e. The molecule has 0 atom stereocenters. The van der Waals surface area contributed by atoms with Crippen LogP contribution < -0.4 is 0 Å². The zero-order valence-corrected chi connectivity index (χ0v) is 11.1. The lowest BCUT2D eigenvalue weighted by Gasteiger charge is -1.99. The molecule has 2 aromatic carbocycles. The number of nitrogens with zero attached hydrogens (tertiary/aromatic N) is 1. The van der Waals surface area contributed by atoms with Crippen LogP contribution in [0.3, 0.4) is 0 Å². The first kappa shape index (κ1) is 14.5. The highest BCUT2D eigenvalue weighted by molar-refractivity contribution is 6.05. The van der Waals surface area contributed by atoms with Crippen LogP contribution in [0.15, 0.2) is 59.8 Å². The molecule has 0 aliphatic rings. The summed E-state index contributed by atoms with van der Waals surface area (Å²) in [6.07, 6.45) is 0.822. The maximum absolute atomic E-state index is 11.7. The van der Waals surface area contributed by atoms with E-state index in [-0.39, 0.29) is 18.0 Å². The van der Waals surface area contributed by atoms with Crippen molar-refractivity contribution in [3.05, 3.63) is 65.7 Å². The second-order valence-corrected chi connectivity index (χ2v) is 4.22. The Hall–Kier alpha value is -2.95. The quantitative estimate of drug-likeness (QED) is 0.301. The number of rotatable bonds is 5. The van der Waals surface area contributed by atoms with Crippen molar-refractivity contribution in [2.45, 2.75) is 6.42 Å². The SMILES string of the molecule is O=C(CC(=O)c1ccccc1)O/N=C/c1ccccc1O. The van der Waals surface area contributed by atoms with Gasteiger partial charge in [0.2, 0.25) is 0 Å². The van der Waals surface area contributed by atoms with Gasteiger partial charge in [-0.15, -0.1) is 0 Å². The van der Waals surface area contributed by atoms with Crippen molar-refractivity contribution in [1.29, 1.82) is 0 Å². The summed E-state index contributed by atoms with van der Waals surface area (Å²) in [7, 11) is 0. The van der Waals surface area contributed by atoms with E-state index < -0.39 is 5.97 Å². The molecule has 5 heteroatoms. The maximum atomic E-state index is 11.7. The molecule has 0 unspecified atom stereocenters. The molecule has 0 fully saturated rings. The molecule has 0 saturated heterocycles. The highest BCUT2D eigenvalue weighted by Crippen LogP contribution is 2.12. The molecule has 0 radical (unpaired) electrons. The third-order valence-electron chi connectivity index (χ3n) is 2.68. The van der Waals surface area contributed by atoms with Gasteiger partial charge in [0.15, 0.2) is 5.78 Å². The Morgan fingerprint density at radius 2 is 1.71 bits per heavy atom. The predicted octanol–water partition coefficient (Wildman–Crippen LogP) is 2.54. The molecule has 0 spiro atoms. The molecule has 1 N–H and O–H groups in total. The summed E-state index contributed by atoms with van der Waals surface area (Å²) in [4.78, 5) is 27.8. The largest absolute Gasteiger partial charge is 0.507 e. The van der Waals surface area contributed by atoms with E-state index in [2.05, 4.69) is 9.99 Å². The molecule has 0 aliphatic heterocycles. The van der Waals surface area contributed by atoms with Gasteiger partial charge in [0.25, 0.3) is 0 Å². The predicted molar refractivity (Wildman–Crippen MR) is 77.2 cm³/mol. The van der Waals surface area contributed by atoms with Crippen molar-refractivity contribution in [2.24, 2.45) is 5.16 Å². The van der Waals surface area contributed by atoms with Crippen LogP contribution in [0, 0.1) is 0 Å². The van der Waals surface area contributed by atoms with Crippen molar-refractivity contribution in [3.63, 3.8) is 0 Å². The molecular formula is C16H13NO4. The van der Waals surface area contributed by atoms with E-state index in [4.69, 9.17) is 0 Å². The van der Waals surface area contributed by atoms with E-state index in [9.17, 15) is 14.7 Å². The third-order valence-corrected chi connectivity index (χ3v) is 2.68. The minimum Gasteiger partial charge on any atom is -0.507 e. The van der Waals surface area contributed by atoms with Gasteiger partial charge in [-0.25, -0.2) is 4.79 Å². The Morgan fingerprint density at radius 1 is 1.05 bits per heavy atom. The number of oxime groups is 1. The normalized spacial score (nSPS) is 10.5. The zero-order chi connectivity index (χ0) is 15.1. The van der Waals surface area contributed by atoms with Crippen LogP contribution in [0.2, 0.25) is 0 Å². The van der Waals surface area contributed by atoms with Crippen LogP contribution in [0.1, 0.15) is 22.3 Å². The summed E-state index contributed by atoms with van der Waals surface area (Å²) in [6.45, 7) is 0. The average Bonchev–Trinajstić information content (AvgIpc) is 2.50. The maximum Gasteiger partial charge on any atom is 0.342 e. The number of ketones is 1. The monoisotopic (exact) mass is 283 g/mol. The van der Waals surface area contributed by atoms with Crippen molar-refractivity contribution in [1.82, 2.24) is 0 Å². The van der Waals surface area contributed by atoms with Crippen LogP contribution in [0.4, 0.5) is 0 Å². The van der Waals surface area contributed by atoms with Crippen molar-refractivity contribution >= 4 is 18.0 Å². The minimum absolute atomic E-state index is 0.0256. The van der Waals surface area contributed by atoms with E-state index in [0.29, 0.717) is 11.1 Å². The van der Waals surface area contributed by atoms with Crippen LogP contribution in [-0.2, 0) is 9.63 Å². The number of benzene rings is 2. The number of phenols is 1. The lowest BCUT2D eigenvalue weighted by molar-refractivity contribution is -0.142. The number of hydrogen-bond acceptors (Lipinski definition) is 5. The molecule has 0 aromatic heterocycles. The summed E-state index contributed by atoms with van der Waals surface area (Å²) >= 11 is 0. The van der Waals surface area contributed by atoms with Gasteiger partial charge in [-0.3, -0.25) is 4.79 Å². The second-order valence-electron chi connectivity index (χ2n) is 4.22. The van der Waals surface area contributed by atoms with E-state index >= 15 is 0 Å². The summed E-state index contributed by atoms with van der Waals surface area (Å²) in [5.74, 6) is -1.06. The summed E-state index contributed by atoms with van der Waals surface area (Å²) in [5, 5.41) is 12.9. The Balaban J connectivity index is 1.88. The summed E-state index contributed by atoms with van der Waals surface area (Å²) < 4.78 is 0. The van der Waals surface area contributed by atoms with Gasteiger partial charge in [0.1, 0.15) is 12.2 Å². The summed E-state index contributed by atoms with van der Waals surface area (Å²) in [6, 6.07) is 14.9. The first-order chi connectivity index (χ1) is 10.2.